The van der Waals surface area contributed by atoms with Crippen LogP contribution in [0, 0.1) is 0 Å². The summed E-state index contributed by atoms with van der Waals surface area (Å²) in [6, 6.07) is 16.8. The first kappa shape index (κ1) is 16.2. The van der Waals surface area contributed by atoms with Crippen LogP contribution in [0.5, 0.6) is 0 Å². The number of benzene rings is 2. The molecular weight excluding hydrogens is 332 g/mol. The van der Waals surface area contributed by atoms with Crippen LogP contribution in [0.4, 0.5) is 11.6 Å². The summed E-state index contributed by atoms with van der Waals surface area (Å²) >= 11 is 1.61. The maximum atomic E-state index is 5.99. The van der Waals surface area contributed by atoms with E-state index in [0.717, 1.165) is 43.0 Å². The molecule has 3 aromatic rings. The van der Waals surface area contributed by atoms with E-state index in [1.165, 1.54) is 16.3 Å². The lowest BCUT2D eigenvalue weighted by molar-refractivity contribution is 0.122. The molecule has 4 rings (SSSR count). The highest BCUT2D eigenvalue weighted by Gasteiger charge is 2.14. The first-order valence-corrected chi connectivity index (χ1v) is 9.34. The second-order valence-corrected chi connectivity index (χ2v) is 6.95. The maximum absolute atomic E-state index is 5.99. The zero-order valence-corrected chi connectivity index (χ0v) is 14.7. The Kier molecular flexibility index (Phi) is 4.72. The molecule has 0 radical (unpaired) electrons. The topological polar surface area (TPSA) is 64.3 Å². The first-order chi connectivity index (χ1) is 12.3. The van der Waals surface area contributed by atoms with Gasteiger partial charge in [0.25, 0.3) is 0 Å². The summed E-state index contributed by atoms with van der Waals surface area (Å²) < 4.78 is 5.40. The molecule has 1 aliphatic heterocycles. The van der Waals surface area contributed by atoms with Crippen LogP contribution in [0.15, 0.2) is 53.7 Å². The number of thioether (sulfide) groups is 1. The summed E-state index contributed by atoms with van der Waals surface area (Å²) in [6.07, 6.45) is 0. The van der Waals surface area contributed by atoms with Crippen LogP contribution in [-0.4, -0.2) is 36.3 Å². The lowest BCUT2D eigenvalue weighted by atomic mass is 10.1. The predicted octanol–water partition coefficient (Wildman–Crippen LogP) is 3.34. The van der Waals surface area contributed by atoms with Crippen molar-refractivity contribution in [2.24, 2.45) is 0 Å². The molecule has 0 aliphatic carbocycles. The van der Waals surface area contributed by atoms with Crippen molar-refractivity contribution in [3.8, 4) is 0 Å². The van der Waals surface area contributed by atoms with E-state index in [1.54, 1.807) is 11.8 Å². The normalized spacial score (nSPS) is 14.8. The molecule has 25 heavy (non-hydrogen) atoms. The van der Waals surface area contributed by atoms with Gasteiger partial charge in [-0.05, 0) is 16.3 Å². The standard InChI is InChI=1S/C19H20N4OS/c20-17-12-18(23-7-9-24-10-8-23)22-19(21-17)25-13-14-5-6-15-3-1-2-4-16(15)11-14/h1-6,11-12H,7-10,13H2,(H2,20,21,22). The average Bonchev–Trinajstić information content (AvgIpc) is 2.66. The number of nitrogen functional groups attached to an aromatic ring is 1. The largest absolute Gasteiger partial charge is 0.383 e. The number of aromatic nitrogens is 2. The van der Waals surface area contributed by atoms with Crippen molar-refractivity contribution in [3.63, 3.8) is 0 Å². The summed E-state index contributed by atoms with van der Waals surface area (Å²) in [5.41, 5.74) is 7.24. The van der Waals surface area contributed by atoms with Crippen molar-refractivity contribution >= 4 is 34.2 Å². The number of nitrogens with two attached hydrogens (primary N) is 1. The smallest absolute Gasteiger partial charge is 0.191 e. The molecule has 0 saturated carbocycles. The number of morpholine rings is 1. The molecular formula is C19H20N4OS. The van der Waals surface area contributed by atoms with Crippen LogP contribution in [-0.2, 0) is 10.5 Å². The Bertz CT molecular complexity index is 880. The van der Waals surface area contributed by atoms with Gasteiger partial charge in [-0.1, -0.05) is 54.2 Å². The number of hydrogen-bond acceptors (Lipinski definition) is 6. The van der Waals surface area contributed by atoms with E-state index in [9.17, 15) is 0 Å². The van der Waals surface area contributed by atoms with E-state index in [4.69, 9.17) is 10.5 Å². The van der Waals surface area contributed by atoms with Crippen LogP contribution in [0.25, 0.3) is 10.8 Å². The van der Waals surface area contributed by atoms with Gasteiger partial charge in [0.2, 0.25) is 0 Å². The third-order valence-corrected chi connectivity index (χ3v) is 5.15. The lowest BCUT2D eigenvalue weighted by Crippen LogP contribution is -2.36. The van der Waals surface area contributed by atoms with Gasteiger partial charge in [0.15, 0.2) is 5.16 Å². The van der Waals surface area contributed by atoms with Crippen molar-refractivity contribution in [1.29, 1.82) is 0 Å². The first-order valence-electron chi connectivity index (χ1n) is 8.36. The summed E-state index contributed by atoms with van der Waals surface area (Å²) in [5, 5.41) is 3.23. The molecule has 1 fully saturated rings. The van der Waals surface area contributed by atoms with Crippen LogP contribution >= 0.6 is 11.8 Å². The zero-order valence-electron chi connectivity index (χ0n) is 13.9. The third-order valence-electron chi connectivity index (χ3n) is 4.23. The molecule has 1 aliphatic rings. The van der Waals surface area contributed by atoms with Gasteiger partial charge in [-0.15, -0.1) is 0 Å². The molecule has 0 bridgehead atoms. The van der Waals surface area contributed by atoms with E-state index >= 15 is 0 Å². The Morgan fingerprint density at radius 3 is 2.64 bits per heavy atom. The number of ether oxygens (including phenoxy) is 1. The number of anilines is 2. The van der Waals surface area contributed by atoms with E-state index in [0.29, 0.717) is 5.82 Å². The Balaban J connectivity index is 1.50. The monoisotopic (exact) mass is 352 g/mol. The minimum Gasteiger partial charge on any atom is -0.383 e. The van der Waals surface area contributed by atoms with Crippen molar-refractivity contribution in [1.82, 2.24) is 9.97 Å². The van der Waals surface area contributed by atoms with Gasteiger partial charge in [0.1, 0.15) is 11.6 Å². The minimum absolute atomic E-state index is 0.512. The molecule has 2 aromatic carbocycles. The fraction of sp³-hybridized carbons (Fsp3) is 0.263. The van der Waals surface area contributed by atoms with Crippen LogP contribution in [0.1, 0.15) is 5.56 Å². The van der Waals surface area contributed by atoms with Gasteiger partial charge in [-0.2, -0.15) is 0 Å². The second kappa shape index (κ2) is 7.29. The molecule has 0 spiro atoms. The predicted molar refractivity (Wildman–Crippen MR) is 103 cm³/mol. The number of hydrogen-bond donors (Lipinski definition) is 1. The van der Waals surface area contributed by atoms with Crippen LogP contribution in [0.2, 0.25) is 0 Å². The van der Waals surface area contributed by atoms with Gasteiger partial charge in [0, 0.05) is 24.9 Å². The van der Waals surface area contributed by atoms with Gasteiger partial charge >= 0.3 is 0 Å². The summed E-state index contributed by atoms with van der Waals surface area (Å²) in [6.45, 7) is 3.13. The van der Waals surface area contributed by atoms with E-state index in [2.05, 4.69) is 57.3 Å². The van der Waals surface area contributed by atoms with Gasteiger partial charge in [0.05, 0.1) is 13.2 Å². The Labute approximate surface area is 151 Å². The zero-order chi connectivity index (χ0) is 17.1. The molecule has 2 heterocycles. The van der Waals surface area contributed by atoms with Crippen molar-refractivity contribution < 1.29 is 4.74 Å². The molecule has 0 amide bonds. The Morgan fingerprint density at radius 1 is 1.00 bits per heavy atom. The average molecular weight is 352 g/mol. The highest BCUT2D eigenvalue weighted by molar-refractivity contribution is 7.98. The van der Waals surface area contributed by atoms with Crippen molar-refractivity contribution in [3.05, 3.63) is 54.1 Å². The quantitative estimate of drug-likeness (QED) is 0.574. The van der Waals surface area contributed by atoms with Gasteiger partial charge < -0.3 is 15.4 Å². The summed E-state index contributed by atoms with van der Waals surface area (Å²) in [5.74, 6) is 2.21. The minimum atomic E-state index is 0.512. The molecule has 6 heteroatoms. The van der Waals surface area contributed by atoms with Gasteiger partial charge in [-0.25, -0.2) is 9.97 Å². The molecule has 0 atom stereocenters. The van der Waals surface area contributed by atoms with Crippen molar-refractivity contribution in [2.45, 2.75) is 10.9 Å². The molecule has 1 saturated heterocycles. The highest BCUT2D eigenvalue weighted by Crippen LogP contribution is 2.25. The van der Waals surface area contributed by atoms with Crippen LogP contribution in [0.3, 0.4) is 0 Å². The molecule has 1 aromatic heterocycles. The Hall–Kier alpha value is -2.31. The highest BCUT2D eigenvalue weighted by atomic mass is 32.2. The summed E-state index contributed by atoms with van der Waals surface area (Å²) in [7, 11) is 0. The SMILES string of the molecule is Nc1cc(N2CCOCC2)nc(SCc2ccc3ccccc3c2)n1. The van der Waals surface area contributed by atoms with E-state index in [-0.39, 0.29) is 0 Å². The van der Waals surface area contributed by atoms with Crippen LogP contribution < -0.4 is 10.6 Å². The lowest BCUT2D eigenvalue weighted by Gasteiger charge is -2.28. The summed E-state index contributed by atoms with van der Waals surface area (Å²) in [4.78, 5) is 11.3. The fourth-order valence-electron chi connectivity index (χ4n) is 2.93. The Morgan fingerprint density at radius 2 is 1.80 bits per heavy atom. The molecule has 128 valence electrons. The maximum Gasteiger partial charge on any atom is 0.191 e. The molecule has 5 nitrogen and oxygen atoms in total. The fourth-order valence-corrected chi connectivity index (χ4v) is 3.73. The molecule has 0 unspecified atom stereocenters. The van der Waals surface area contributed by atoms with Crippen molar-refractivity contribution in [2.75, 3.05) is 36.9 Å². The van der Waals surface area contributed by atoms with E-state index < -0.39 is 0 Å². The third kappa shape index (κ3) is 3.86. The number of fused-ring (bicyclic) bond motifs is 1. The van der Waals surface area contributed by atoms with E-state index in [1.807, 2.05) is 6.07 Å². The molecule has 2 N–H and O–H groups in total. The number of rotatable bonds is 4. The second-order valence-electron chi connectivity index (χ2n) is 6.00. The number of nitrogens with zero attached hydrogens (tertiary/aromatic N) is 3. The van der Waals surface area contributed by atoms with Gasteiger partial charge in [-0.3, -0.25) is 0 Å².